The van der Waals surface area contributed by atoms with Crippen molar-refractivity contribution in [2.75, 3.05) is 5.73 Å². The lowest BCUT2D eigenvalue weighted by Gasteiger charge is -2.03. The van der Waals surface area contributed by atoms with Crippen LogP contribution in [0.1, 0.15) is 5.01 Å². The number of halogens is 1. The van der Waals surface area contributed by atoms with Gasteiger partial charge < -0.3 is 10.5 Å². The van der Waals surface area contributed by atoms with Gasteiger partial charge in [0.05, 0.1) is 10.2 Å². The molecule has 3 nitrogen and oxygen atoms in total. The number of thiazole rings is 1. The minimum atomic E-state index is 0.445. The molecule has 0 aliphatic carbocycles. The predicted molar refractivity (Wildman–Crippen MR) is 79.8 cm³/mol. The lowest BCUT2D eigenvalue weighted by atomic mass is 10.3. The Bertz CT molecular complexity index is 709. The van der Waals surface area contributed by atoms with Gasteiger partial charge in [-0.1, -0.05) is 11.6 Å². The van der Waals surface area contributed by atoms with Crippen molar-refractivity contribution in [3.63, 3.8) is 0 Å². The number of aromatic nitrogens is 1. The zero-order valence-electron chi connectivity index (χ0n) is 9.97. The van der Waals surface area contributed by atoms with E-state index in [-0.39, 0.29) is 0 Å². The first-order chi connectivity index (χ1) is 9.20. The quantitative estimate of drug-likeness (QED) is 0.738. The van der Waals surface area contributed by atoms with Gasteiger partial charge in [-0.2, -0.15) is 0 Å². The highest BCUT2D eigenvalue weighted by atomic mass is 35.5. The Morgan fingerprint density at radius 1 is 1.16 bits per heavy atom. The fraction of sp³-hybridized carbons (Fsp3) is 0.0714. The smallest absolute Gasteiger partial charge is 0.140 e. The summed E-state index contributed by atoms with van der Waals surface area (Å²) in [6.07, 6.45) is 0. The third-order valence-electron chi connectivity index (χ3n) is 2.63. The van der Waals surface area contributed by atoms with Crippen molar-refractivity contribution in [2.45, 2.75) is 6.61 Å². The summed E-state index contributed by atoms with van der Waals surface area (Å²) >= 11 is 7.41. The molecule has 0 aliphatic rings. The van der Waals surface area contributed by atoms with Crippen LogP contribution < -0.4 is 10.5 Å². The van der Waals surface area contributed by atoms with Crippen molar-refractivity contribution in [1.29, 1.82) is 0 Å². The molecule has 3 aromatic rings. The van der Waals surface area contributed by atoms with E-state index in [4.69, 9.17) is 22.1 Å². The van der Waals surface area contributed by atoms with Gasteiger partial charge in [-0.3, -0.25) is 0 Å². The highest BCUT2D eigenvalue weighted by Crippen LogP contribution is 2.25. The Morgan fingerprint density at radius 2 is 1.95 bits per heavy atom. The number of nitrogens with two attached hydrogens (primary N) is 1. The first-order valence-electron chi connectivity index (χ1n) is 5.74. The number of nitrogen functional groups attached to an aromatic ring is 1. The summed E-state index contributed by atoms with van der Waals surface area (Å²) in [4.78, 5) is 4.50. The molecule has 0 saturated carbocycles. The van der Waals surface area contributed by atoms with E-state index in [1.54, 1.807) is 23.5 Å². The van der Waals surface area contributed by atoms with Crippen LogP contribution >= 0.6 is 22.9 Å². The number of ether oxygens (including phenoxy) is 1. The first-order valence-corrected chi connectivity index (χ1v) is 6.93. The Kier molecular flexibility index (Phi) is 3.27. The summed E-state index contributed by atoms with van der Waals surface area (Å²) in [6.45, 7) is 0.445. The minimum Gasteiger partial charge on any atom is -0.486 e. The number of nitrogens with zero attached hydrogens (tertiary/aromatic N) is 1. The normalized spacial score (nSPS) is 10.8. The summed E-state index contributed by atoms with van der Waals surface area (Å²) in [5.41, 5.74) is 7.45. The Hall–Kier alpha value is -1.78. The zero-order chi connectivity index (χ0) is 13.2. The molecule has 0 unspecified atom stereocenters. The van der Waals surface area contributed by atoms with Crippen LogP contribution in [-0.4, -0.2) is 4.98 Å². The molecule has 19 heavy (non-hydrogen) atoms. The van der Waals surface area contributed by atoms with Crippen molar-refractivity contribution >= 4 is 38.8 Å². The maximum Gasteiger partial charge on any atom is 0.140 e. The van der Waals surface area contributed by atoms with Crippen molar-refractivity contribution in [1.82, 2.24) is 4.98 Å². The van der Waals surface area contributed by atoms with Crippen LogP contribution in [0.25, 0.3) is 10.2 Å². The van der Waals surface area contributed by atoms with Gasteiger partial charge in [0.15, 0.2) is 0 Å². The molecule has 0 amide bonds. The molecule has 0 spiro atoms. The van der Waals surface area contributed by atoms with Crippen LogP contribution in [0, 0.1) is 0 Å². The van der Waals surface area contributed by atoms with Gasteiger partial charge in [0.2, 0.25) is 0 Å². The van der Waals surface area contributed by atoms with Crippen molar-refractivity contribution in [3.05, 3.63) is 52.5 Å². The second kappa shape index (κ2) is 5.07. The molecule has 0 saturated heterocycles. The maximum absolute atomic E-state index is 5.82. The van der Waals surface area contributed by atoms with Crippen molar-refractivity contribution < 1.29 is 4.74 Å². The van der Waals surface area contributed by atoms with Crippen LogP contribution in [0.5, 0.6) is 5.75 Å². The molecule has 0 aliphatic heterocycles. The average molecular weight is 291 g/mol. The van der Waals surface area contributed by atoms with Crippen LogP contribution in [-0.2, 0) is 6.61 Å². The molecular weight excluding hydrogens is 280 g/mol. The fourth-order valence-corrected chi connectivity index (χ4v) is 2.78. The third kappa shape index (κ3) is 2.80. The van der Waals surface area contributed by atoms with Crippen molar-refractivity contribution in [2.24, 2.45) is 0 Å². The number of rotatable bonds is 3. The van der Waals surface area contributed by atoms with Crippen LogP contribution in [0.3, 0.4) is 0 Å². The highest BCUT2D eigenvalue weighted by Gasteiger charge is 2.05. The monoisotopic (exact) mass is 290 g/mol. The van der Waals surface area contributed by atoms with E-state index in [2.05, 4.69) is 4.98 Å². The molecule has 2 aromatic carbocycles. The summed E-state index contributed by atoms with van der Waals surface area (Å²) in [5.74, 6) is 0.781. The second-order valence-electron chi connectivity index (χ2n) is 4.08. The van der Waals surface area contributed by atoms with Gasteiger partial charge in [0.25, 0.3) is 0 Å². The zero-order valence-corrected chi connectivity index (χ0v) is 11.5. The van der Waals surface area contributed by atoms with Gasteiger partial charge >= 0.3 is 0 Å². The van der Waals surface area contributed by atoms with E-state index in [9.17, 15) is 0 Å². The largest absolute Gasteiger partial charge is 0.486 e. The fourth-order valence-electron chi connectivity index (χ4n) is 1.73. The summed E-state index contributed by atoms with van der Waals surface area (Å²) in [6, 6.07) is 13.0. The number of anilines is 1. The Morgan fingerprint density at radius 3 is 2.74 bits per heavy atom. The lowest BCUT2D eigenvalue weighted by Crippen LogP contribution is -1.93. The first kappa shape index (κ1) is 12.3. The highest BCUT2D eigenvalue weighted by molar-refractivity contribution is 7.18. The van der Waals surface area contributed by atoms with Gasteiger partial charge in [0, 0.05) is 10.7 Å². The molecule has 0 radical (unpaired) electrons. The molecule has 2 N–H and O–H groups in total. The summed E-state index contributed by atoms with van der Waals surface area (Å²) in [5, 5.41) is 1.62. The molecular formula is C14H11ClN2OS. The Labute approximate surface area is 119 Å². The SMILES string of the molecule is Nc1ccc2nc(COc3ccc(Cl)cc3)sc2c1. The summed E-state index contributed by atoms with van der Waals surface area (Å²) < 4.78 is 6.74. The average Bonchev–Trinajstić information content (AvgIpc) is 2.80. The van der Waals surface area contributed by atoms with Crippen LogP contribution in [0.2, 0.25) is 5.02 Å². The molecule has 1 heterocycles. The predicted octanol–water partition coefficient (Wildman–Crippen LogP) is 4.11. The van der Waals surface area contributed by atoms with E-state index < -0.39 is 0 Å². The lowest BCUT2D eigenvalue weighted by molar-refractivity contribution is 0.306. The van der Waals surface area contributed by atoms with E-state index in [0.717, 1.165) is 26.7 Å². The second-order valence-corrected chi connectivity index (χ2v) is 5.63. The van der Waals surface area contributed by atoms with E-state index in [1.165, 1.54) is 0 Å². The van der Waals surface area contributed by atoms with Crippen LogP contribution in [0.15, 0.2) is 42.5 Å². The molecule has 5 heteroatoms. The standard InChI is InChI=1S/C14H11ClN2OS/c15-9-1-4-11(5-2-9)18-8-14-17-12-6-3-10(16)7-13(12)19-14/h1-7H,8,16H2. The Balaban J connectivity index is 1.76. The molecule has 3 rings (SSSR count). The molecule has 0 bridgehead atoms. The number of hydrogen-bond donors (Lipinski definition) is 1. The molecule has 96 valence electrons. The maximum atomic E-state index is 5.82. The summed E-state index contributed by atoms with van der Waals surface area (Å²) in [7, 11) is 0. The minimum absolute atomic E-state index is 0.445. The van der Waals surface area contributed by atoms with E-state index in [1.807, 2.05) is 30.3 Å². The molecule has 1 aromatic heterocycles. The van der Waals surface area contributed by atoms with Gasteiger partial charge in [0.1, 0.15) is 17.4 Å². The molecule has 0 atom stereocenters. The number of hydrogen-bond acceptors (Lipinski definition) is 4. The van der Waals surface area contributed by atoms with Crippen molar-refractivity contribution in [3.8, 4) is 5.75 Å². The van der Waals surface area contributed by atoms with Gasteiger partial charge in [-0.15, -0.1) is 11.3 Å². The van der Waals surface area contributed by atoms with Crippen LogP contribution in [0.4, 0.5) is 5.69 Å². The number of fused-ring (bicyclic) bond motifs is 1. The van der Waals surface area contributed by atoms with Gasteiger partial charge in [-0.05, 0) is 42.5 Å². The third-order valence-corrected chi connectivity index (χ3v) is 3.88. The van der Waals surface area contributed by atoms with E-state index in [0.29, 0.717) is 11.6 Å². The van der Waals surface area contributed by atoms with E-state index >= 15 is 0 Å². The number of benzene rings is 2. The molecule has 0 fully saturated rings. The topological polar surface area (TPSA) is 48.1 Å². The van der Waals surface area contributed by atoms with Gasteiger partial charge in [-0.25, -0.2) is 4.98 Å².